The van der Waals surface area contributed by atoms with Gasteiger partial charge < -0.3 is 9.64 Å². The van der Waals surface area contributed by atoms with Crippen LogP contribution < -0.4 is 0 Å². The Hall–Kier alpha value is -0.280. The Morgan fingerprint density at radius 2 is 2.24 bits per heavy atom. The topological polar surface area (TPSA) is 29.5 Å². The lowest BCUT2D eigenvalue weighted by atomic mass is 9.94. The van der Waals surface area contributed by atoms with Gasteiger partial charge in [0.05, 0.1) is 12.0 Å². The van der Waals surface area contributed by atoms with Gasteiger partial charge in [0.25, 0.3) is 0 Å². The third kappa shape index (κ3) is 2.76. The van der Waals surface area contributed by atoms with Crippen LogP contribution in [-0.4, -0.2) is 42.0 Å². The van der Waals surface area contributed by atoms with E-state index < -0.39 is 0 Å². The predicted molar refractivity (Wildman–Crippen MR) is 68.2 cm³/mol. The lowest BCUT2D eigenvalue weighted by Gasteiger charge is -2.37. The fourth-order valence-electron chi connectivity index (χ4n) is 3.00. The number of piperidine rings is 1. The van der Waals surface area contributed by atoms with Crippen molar-refractivity contribution in [1.82, 2.24) is 4.90 Å². The number of alkyl halides is 1. The summed E-state index contributed by atoms with van der Waals surface area (Å²) in [5, 5.41) is 0. The molecule has 3 nitrogen and oxygen atoms in total. The molecule has 0 aromatic heterocycles. The lowest BCUT2D eigenvalue weighted by molar-refractivity contribution is -0.140. The average molecular weight is 260 g/mol. The van der Waals surface area contributed by atoms with Crippen LogP contribution >= 0.6 is 11.6 Å². The molecule has 2 saturated heterocycles. The zero-order valence-electron chi connectivity index (χ0n) is 10.5. The van der Waals surface area contributed by atoms with Gasteiger partial charge in [0.15, 0.2) is 0 Å². The fraction of sp³-hybridized carbons (Fsp3) is 0.923. The first-order chi connectivity index (χ1) is 8.27. The molecule has 2 fully saturated rings. The van der Waals surface area contributed by atoms with Gasteiger partial charge in [0.1, 0.15) is 0 Å². The van der Waals surface area contributed by atoms with E-state index in [0.717, 1.165) is 38.8 Å². The molecule has 4 heteroatoms. The second-order valence-corrected chi connectivity index (χ2v) is 5.36. The molecule has 3 unspecified atom stereocenters. The summed E-state index contributed by atoms with van der Waals surface area (Å²) < 4.78 is 5.62. The summed E-state index contributed by atoms with van der Waals surface area (Å²) in [5.41, 5.74) is 0. The average Bonchev–Trinajstić information content (AvgIpc) is 2.86. The Balaban J connectivity index is 2.02. The standard InChI is InChI=1S/C13H22ClNO2/c1-2-12-11(6-8-17-12)13(16)15-7-4-3-5-10(15)9-14/h10-12H,2-9H2,1H3. The minimum Gasteiger partial charge on any atom is -0.377 e. The van der Waals surface area contributed by atoms with Gasteiger partial charge in [-0.3, -0.25) is 4.79 Å². The number of ether oxygens (including phenoxy) is 1. The summed E-state index contributed by atoms with van der Waals surface area (Å²) in [5.74, 6) is 0.916. The predicted octanol–water partition coefficient (Wildman–Crippen LogP) is 2.42. The highest BCUT2D eigenvalue weighted by atomic mass is 35.5. The van der Waals surface area contributed by atoms with E-state index in [9.17, 15) is 4.79 Å². The summed E-state index contributed by atoms with van der Waals surface area (Å²) >= 11 is 5.97. The second kappa shape index (κ2) is 6.05. The van der Waals surface area contributed by atoms with Crippen LogP contribution in [0.15, 0.2) is 0 Å². The fourth-order valence-corrected chi connectivity index (χ4v) is 3.32. The first kappa shape index (κ1) is 13.2. The zero-order chi connectivity index (χ0) is 12.3. The number of likely N-dealkylation sites (tertiary alicyclic amines) is 1. The molecule has 2 heterocycles. The number of amides is 1. The molecule has 0 spiro atoms. The molecule has 17 heavy (non-hydrogen) atoms. The third-order valence-electron chi connectivity index (χ3n) is 4.02. The Morgan fingerprint density at radius 3 is 2.94 bits per heavy atom. The number of rotatable bonds is 3. The van der Waals surface area contributed by atoms with E-state index in [2.05, 4.69) is 6.92 Å². The van der Waals surface area contributed by atoms with Crippen LogP contribution in [0, 0.1) is 5.92 Å². The van der Waals surface area contributed by atoms with E-state index in [1.807, 2.05) is 4.90 Å². The zero-order valence-corrected chi connectivity index (χ0v) is 11.3. The van der Waals surface area contributed by atoms with Gasteiger partial charge in [-0.15, -0.1) is 11.6 Å². The van der Waals surface area contributed by atoms with Crippen molar-refractivity contribution in [2.24, 2.45) is 5.92 Å². The van der Waals surface area contributed by atoms with Gasteiger partial charge >= 0.3 is 0 Å². The molecular formula is C13H22ClNO2. The number of halogens is 1. The normalized spacial score (nSPS) is 34.0. The van der Waals surface area contributed by atoms with E-state index in [-0.39, 0.29) is 24.0 Å². The van der Waals surface area contributed by atoms with Crippen molar-refractivity contribution in [2.45, 2.75) is 51.2 Å². The summed E-state index contributed by atoms with van der Waals surface area (Å²) in [6.07, 6.45) is 5.29. The number of carbonyl (C=O) groups is 1. The first-order valence-electron chi connectivity index (χ1n) is 6.76. The van der Waals surface area contributed by atoms with E-state index in [1.165, 1.54) is 6.42 Å². The molecule has 0 aromatic carbocycles. The monoisotopic (exact) mass is 259 g/mol. The van der Waals surface area contributed by atoms with Gasteiger partial charge in [-0.1, -0.05) is 6.92 Å². The molecule has 0 radical (unpaired) electrons. The van der Waals surface area contributed by atoms with Crippen LogP contribution in [0.4, 0.5) is 0 Å². The first-order valence-corrected chi connectivity index (χ1v) is 7.29. The molecule has 2 aliphatic heterocycles. The maximum Gasteiger partial charge on any atom is 0.228 e. The smallest absolute Gasteiger partial charge is 0.228 e. The van der Waals surface area contributed by atoms with Crippen LogP contribution in [-0.2, 0) is 9.53 Å². The molecule has 0 aromatic rings. The molecule has 0 N–H and O–H groups in total. The van der Waals surface area contributed by atoms with Crippen molar-refractivity contribution in [2.75, 3.05) is 19.0 Å². The molecule has 2 aliphatic rings. The van der Waals surface area contributed by atoms with Gasteiger partial charge in [-0.2, -0.15) is 0 Å². The van der Waals surface area contributed by atoms with Crippen molar-refractivity contribution >= 4 is 17.5 Å². The van der Waals surface area contributed by atoms with Gasteiger partial charge in [-0.25, -0.2) is 0 Å². The van der Waals surface area contributed by atoms with Gasteiger partial charge in [-0.05, 0) is 32.1 Å². The second-order valence-electron chi connectivity index (χ2n) is 5.05. The quantitative estimate of drug-likeness (QED) is 0.729. The lowest BCUT2D eigenvalue weighted by Crippen LogP contribution is -2.48. The molecule has 0 aliphatic carbocycles. The summed E-state index contributed by atoms with van der Waals surface area (Å²) in [6, 6.07) is 0.246. The van der Waals surface area contributed by atoms with E-state index in [0.29, 0.717) is 5.88 Å². The van der Waals surface area contributed by atoms with Crippen LogP contribution in [0.5, 0.6) is 0 Å². The SMILES string of the molecule is CCC1OCCC1C(=O)N1CCCCC1CCl. The molecule has 2 rings (SSSR count). The van der Waals surface area contributed by atoms with Crippen molar-refractivity contribution in [3.8, 4) is 0 Å². The third-order valence-corrected chi connectivity index (χ3v) is 4.37. The Morgan fingerprint density at radius 1 is 1.41 bits per heavy atom. The highest BCUT2D eigenvalue weighted by Gasteiger charge is 2.38. The Bertz CT molecular complexity index is 272. The summed E-state index contributed by atoms with van der Waals surface area (Å²) in [6.45, 7) is 3.70. The number of nitrogens with zero attached hydrogens (tertiary/aromatic N) is 1. The van der Waals surface area contributed by atoms with Crippen LogP contribution in [0.1, 0.15) is 39.0 Å². The molecule has 0 saturated carbocycles. The van der Waals surface area contributed by atoms with E-state index in [1.54, 1.807) is 0 Å². The summed E-state index contributed by atoms with van der Waals surface area (Å²) in [7, 11) is 0. The molecule has 98 valence electrons. The number of hydrogen-bond donors (Lipinski definition) is 0. The van der Waals surface area contributed by atoms with Crippen LogP contribution in [0.25, 0.3) is 0 Å². The van der Waals surface area contributed by atoms with Crippen molar-refractivity contribution in [3.63, 3.8) is 0 Å². The largest absolute Gasteiger partial charge is 0.377 e. The molecule has 1 amide bonds. The van der Waals surface area contributed by atoms with Crippen molar-refractivity contribution in [3.05, 3.63) is 0 Å². The number of carbonyl (C=O) groups excluding carboxylic acids is 1. The molecule has 3 atom stereocenters. The maximum atomic E-state index is 12.5. The highest BCUT2D eigenvalue weighted by Crippen LogP contribution is 2.28. The minimum absolute atomic E-state index is 0.0730. The maximum absolute atomic E-state index is 12.5. The minimum atomic E-state index is 0.0730. The van der Waals surface area contributed by atoms with Crippen LogP contribution in [0.2, 0.25) is 0 Å². The molecular weight excluding hydrogens is 238 g/mol. The number of hydrogen-bond acceptors (Lipinski definition) is 2. The highest BCUT2D eigenvalue weighted by molar-refractivity contribution is 6.18. The van der Waals surface area contributed by atoms with Gasteiger partial charge in [0.2, 0.25) is 5.91 Å². The summed E-state index contributed by atoms with van der Waals surface area (Å²) in [4.78, 5) is 14.5. The van der Waals surface area contributed by atoms with E-state index >= 15 is 0 Å². The Labute approximate surface area is 108 Å². The van der Waals surface area contributed by atoms with Gasteiger partial charge in [0, 0.05) is 25.1 Å². The van der Waals surface area contributed by atoms with E-state index in [4.69, 9.17) is 16.3 Å². The van der Waals surface area contributed by atoms with Crippen molar-refractivity contribution in [1.29, 1.82) is 0 Å². The van der Waals surface area contributed by atoms with Crippen molar-refractivity contribution < 1.29 is 9.53 Å². The molecule has 0 bridgehead atoms. The van der Waals surface area contributed by atoms with Crippen LogP contribution in [0.3, 0.4) is 0 Å². The Kier molecular flexibility index (Phi) is 4.69.